The molecule has 1 heterocycles. The predicted molar refractivity (Wildman–Crippen MR) is 65.2 cm³/mol. The van der Waals surface area contributed by atoms with Gasteiger partial charge in [0.2, 0.25) is 0 Å². The van der Waals surface area contributed by atoms with E-state index in [2.05, 4.69) is 39.9 Å². The Morgan fingerprint density at radius 2 is 2.24 bits per heavy atom. The molecule has 0 amide bonds. The number of nitrogens with one attached hydrogen (secondary N) is 1. The molecular formula is C12H15N5. The summed E-state index contributed by atoms with van der Waals surface area (Å²) in [4.78, 5) is 0. The Morgan fingerprint density at radius 1 is 1.35 bits per heavy atom. The van der Waals surface area contributed by atoms with Crippen molar-refractivity contribution in [2.45, 2.75) is 32.2 Å². The lowest BCUT2D eigenvalue weighted by Crippen LogP contribution is -2.26. The van der Waals surface area contributed by atoms with Crippen molar-refractivity contribution in [3.05, 3.63) is 30.1 Å². The minimum Gasteiger partial charge on any atom is -0.382 e. The fourth-order valence-corrected chi connectivity index (χ4v) is 2.06. The maximum atomic E-state index is 3.90. The third kappa shape index (κ3) is 2.00. The van der Waals surface area contributed by atoms with Gasteiger partial charge in [-0.25, -0.2) is 4.68 Å². The molecule has 1 aromatic heterocycles. The van der Waals surface area contributed by atoms with Crippen LogP contribution in [0.2, 0.25) is 0 Å². The van der Waals surface area contributed by atoms with E-state index in [4.69, 9.17) is 0 Å². The number of tetrazole rings is 1. The second kappa shape index (κ2) is 4.16. The van der Waals surface area contributed by atoms with Gasteiger partial charge in [0.05, 0.1) is 5.69 Å². The van der Waals surface area contributed by atoms with Gasteiger partial charge >= 0.3 is 0 Å². The number of rotatable bonds is 3. The highest BCUT2D eigenvalue weighted by molar-refractivity contribution is 5.53. The quantitative estimate of drug-likeness (QED) is 0.873. The first-order chi connectivity index (χ1) is 8.33. The first-order valence-corrected chi connectivity index (χ1v) is 5.93. The molecule has 1 aliphatic carbocycles. The van der Waals surface area contributed by atoms with E-state index in [-0.39, 0.29) is 0 Å². The SMILES string of the molecule is Cc1cc(NC2CCC2)ccc1-n1cnnn1. The van der Waals surface area contributed by atoms with E-state index in [9.17, 15) is 0 Å². The van der Waals surface area contributed by atoms with E-state index >= 15 is 0 Å². The standard InChI is InChI=1S/C12H15N5/c1-9-7-11(14-10-3-2-4-10)5-6-12(9)17-8-13-15-16-17/h5-8,10,14H,2-4H2,1H3. The Hall–Kier alpha value is -1.91. The Bertz CT molecular complexity index is 502. The zero-order valence-corrected chi connectivity index (χ0v) is 9.80. The Kier molecular flexibility index (Phi) is 2.51. The first-order valence-electron chi connectivity index (χ1n) is 5.93. The monoisotopic (exact) mass is 229 g/mol. The van der Waals surface area contributed by atoms with Crippen LogP contribution in [0.5, 0.6) is 0 Å². The van der Waals surface area contributed by atoms with Crippen molar-refractivity contribution in [1.82, 2.24) is 20.2 Å². The molecule has 0 saturated heterocycles. The molecule has 1 aromatic carbocycles. The Morgan fingerprint density at radius 3 is 2.82 bits per heavy atom. The molecule has 3 rings (SSSR count). The summed E-state index contributed by atoms with van der Waals surface area (Å²) in [5, 5.41) is 14.7. The van der Waals surface area contributed by atoms with Crippen molar-refractivity contribution in [1.29, 1.82) is 0 Å². The Labute approximate surface area is 99.8 Å². The molecule has 1 saturated carbocycles. The van der Waals surface area contributed by atoms with Gasteiger partial charge in [0.15, 0.2) is 0 Å². The van der Waals surface area contributed by atoms with E-state index in [1.165, 1.54) is 30.5 Å². The zero-order chi connectivity index (χ0) is 11.7. The third-order valence-electron chi connectivity index (χ3n) is 3.27. The van der Waals surface area contributed by atoms with Crippen molar-refractivity contribution in [3.8, 4) is 5.69 Å². The third-order valence-corrected chi connectivity index (χ3v) is 3.27. The molecule has 0 atom stereocenters. The van der Waals surface area contributed by atoms with Crippen molar-refractivity contribution < 1.29 is 0 Å². The van der Waals surface area contributed by atoms with Crippen LogP contribution in [0, 0.1) is 6.92 Å². The highest BCUT2D eigenvalue weighted by atomic mass is 15.5. The number of hydrogen-bond donors (Lipinski definition) is 1. The molecule has 88 valence electrons. The van der Waals surface area contributed by atoms with E-state index < -0.39 is 0 Å². The molecule has 17 heavy (non-hydrogen) atoms. The lowest BCUT2D eigenvalue weighted by molar-refractivity contribution is 0.445. The van der Waals surface area contributed by atoms with Crippen LogP contribution < -0.4 is 5.32 Å². The molecule has 5 heteroatoms. The van der Waals surface area contributed by atoms with Gasteiger partial charge in [-0.05, 0) is 60.4 Å². The fourth-order valence-electron chi connectivity index (χ4n) is 2.06. The highest BCUT2D eigenvalue weighted by Crippen LogP contribution is 2.25. The molecule has 1 aliphatic rings. The van der Waals surface area contributed by atoms with Crippen LogP contribution in [-0.4, -0.2) is 26.2 Å². The van der Waals surface area contributed by atoms with Crippen molar-refractivity contribution in [2.24, 2.45) is 0 Å². The molecule has 0 unspecified atom stereocenters. The maximum Gasteiger partial charge on any atom is 0.143 e. The number of nitrogens with zero attached hydrogens (tertiary/aromatic N) is 4. The topological polar surface area (TPSA) is 55.6 Å². The van der Waals surface area contributed by atoms with E-state index in [1.54, 1.807) is 11.0 Å². The summed E-state index contributed by atoms with van der Waals surface area (Å²) in [6.07, 6.45) is 5.53. The van der Waals surface area contributed by atoms with Gasteiger partial charge in [0.25, 0.3) is 0 Å². The number of benzene rings is 1. The maximum absolute atomic E-state index is 3.90. The molecule has 5 nitrogen and oxygen atoms in total. The molecular weight excluding hydrogens is 214 g/mol. The van der Waals surface area contributed by atoms with Gasteiger partial charge in [-0.3, -0.25) is 0 Å². The van der Waals surface area contributed by atoms with Crippen LogP contribution in [0.3, 0.4) is 0 Å². The van der Waals surface area contributed by atoms with Crippen LogP contribution in [0.4, 0.5) is 5.69 Å². The molecule has 0 bridgehead atoms. The van der Waals surface area contributed by atoms with Crippen LogP contribution in [0.15, 0.2) is 24.5 Å². The van der Waals surface area contributed by atoms with Crippen LogP contribution in [0.1, 0.15) is 24.8 Å². The largest absolute Gasteiger partial charge is 0.382 e. The number of hydrogen-bond acceptors (Lipinski definition) is 4. The number of aromatic nitrogens is 4. The van der Waals surface area contributed by atoms with Gasteiger partial charge in [0.1, 0.15) is 6.33 Å². The number of aryl methyl sites for hydroxylation is 1. The molecule has 1 fully saturated rings. The average Bonchev–Trinajstić information content (AvgIpc) is 2.77. The summed E-state index contributed by atoms with van der Waals surface area (Å²) < 4.78 is 1.68. The normalized spacial score (nSPS) is 15.6. The minimum absolute atomic E-state index is 0.660. The van der Waals surface area contributed by atoms with Crippen LogP contribution in [-0.2, 0) is 0 Å². The zero-order valence-electron chi connectivity index (χ0n) is 9.80. The van der Waals surface area contributed by atoms with E-state index in [0.717, 1.165) is 5.69 Å². The van der Waals surface area contributed by atoms with Crippen LogP contribution in [0.25, 0.3) is 5.69 Å². The summed E-state index contributed by atoms with van der Waals surface area (Å²) >= 11 is 0. The van der Waals surface area contributed by atoms with Gasteiger partial charge < -0.3 is 5.32 Å². The average molecular weight is 229 g/mol. The summed E-state index contributed by atoms with van der Waals surface area (Å²) in [5.74, 6) is 0. The van der Waals surface area contributed by atoms with Crippen LogP contribution >= 0.6 is 0 Å². The van der Waals surface area contributed by atoms with Crippen molar-refractivity contribution in [2.75, 3.05) is 5.32 Å². The van der Waals surface area contributed by atoms with Crippen molar-refractivity contribution >= 4 is 5.69 Å². The molecule has 1 N–H and O–H groups in total. The van der Waals surface area contributed by atoms with E-state index in [1.807, 2.05) is 6.07 Å². The number of anilines is 1. The minimum atomic E-state index is 0.660. The summed E-state index contributed by atoms with van der Waals surface area (Å²) in [5.41, 5.74) is 3.37. The summed E-state index contributed by atoms with van der Waals surface area (Å²) in [6, 6.07) is 6.94. The first kappa shape index (κ1) is 10.3. The lowest BCUT2D eigenvalue weighted by Gasteiger charge is -2.27. The molecule has 2 aromatic rings. The fraction of sp³-hybridized carbons (Fsp3) is 0.417. The van der Waals surface area contributed by atoms with E-state index in [0.29, 0.717) is 6.04 Å². The summed E-state index contributed by atoms with van der Waals surface area (Å²) in [6.45, 7) is 2.07. The summed E-state index contributed by atoms with van der Waals surface area (Å²) in [7, 11) is 0. The Balaban J connectivity index is 1.83. The van der Waals surface area contributed by atoms with Gasteiger partial charge in [-0.15, -0.1) is 5.10 Å². The second-order valence-corrected chi connectivity index (χ2v) is 4.53. The van der Waals surface area contributed by atoms with Gasteiger partial charge in [0, 0.05) is 11.7 Å². The smallest absolute Gasteiger partial charge is 0.143 e. The van der Waals surface area contributed by atoms with Crippen molar-refractivity contribution in [3.63, 3.8) is 0 Å². The second-order valence-electron chi connectivity index (χ2n) is 4.53. The predicted octanol–water partition coefficient (Wildman–Crippen LogP) is 1.94. The van der Waals surface area contributed by atoms with Gasteiger partial charge in [-0.1, -0.05) is 0 Å². The van der Waals surface area contributed by atoms with Gasteiger partial charge in [-0.2, -0.15) is 0 Å². The highest BCUT2D eigenvalue weighted by Gasteiger charge is 2.16. The lowest BCUT2D eigenvalue weighted by atomic mass is 9.93. The molecule has 0 radical (unpaired) electrons. The molecule has 0 aliphatic heterocycles. The molecule has 0 spiro atoms.